The van der Waals surface area contributed by atoms with E-state index in [1.807, 2.05) is 37.3 Å². The number of amides is 1. The number of halogens is 1. The van der Waals surface area contributed by atoms with Gasteiger partial charge in [0.15, 0.2) is 4.67 Å². The Kier molecular flexibility index (Phi) is 2.59. The third kappa shape index (κ3) is 1.78. The van der Waals surface area contributed by atoms with Crippen molar-refractivity contribution in [3.8, 4) is 0 Å². The van der Waals surface area contributed by atoms with Crippen molar-refractivity contribution in [3.05, 3.63) is 51.9 Å². The first-order valence-corrected chi connectivity index (χ1v) is 6.33. The van der Waals surface area contributed by atoms with E-state index in [1.54, 1.807) is 6.08 Å². The van der Waals surface area contributed by atoms with Crippen molar-refractivity contribution in [2.75, 3.05) is 5.32 Å². The quantitative estimate of drug-likeness (QED) is 0.813. The van der Waals surface area contributed by atoms with Gasteiger partial charge in [0.05, 0.1) is 5.57 Å². The molecule has 2 heterocycles. The van der Waals surface area contributed by atoms with Crippen LogP contribution in [0.4, 0.5) is 5.69 Å². The molecule has 1 aliphatic rings. The van der Waals surface area contributed by atoms with Gasteiger partial charge in [-0.15, -0.1) is 0 Å². The minimum absolute atomic E-state index is 0.0943. The Morgan fingerprint density at radius 3 is 2.83 bits per heavy atom. The predicted molar refractivity (Wildman–Crippen MR) is 74.1 cm³/mol. The predicted octanol–water partition coefficient (Wildman–Crippen LogP) is 3.84. The van der Waals surface area contributed by atoms with Gasteiger partial charge in [-0.25, -0.2) is 0 Å². The van der Waals surface area contributed by atoms with Gasteiger partial charge in [0.1, 0.15) is 5.76 Å². The smallest absolute Gasteiger partial charge is 0.256 e. The minimum atomic E-state index is -0.0943. The van der Waals surface area contributed by atoms with E-state index in [0.717, 1.165) is 16.8 Å². The zero-order chi connectivity index (χ0) is 12.7. The number of hydrogen-bond acceptors (Lipinski definition) is 2. The van der Waals surface area contributed by atoms with E-state index in [9.17, 15) is 4.79 Å². The average Bonchev–Trinajstić information content (AvgIpc) is 2.81. The Balaban J connectivity index is 2.12. The molecule has 0 bridgehead atoms. The third-order valence-corrected chi connectivity index (χ3v) is 3.30. The summed E-state index contributed by atoms with van der Waals surface area (Å²) < 4.78 is 6.17. The molecule has 0 aliphatic carbocycles. The summed E-state index contributed by atoms with van der Waals surface area (Å²) in [6.45, 7) is 1.94. The molecule has 1 amide bonds. The van der Waals surface area contributed by atoms with E-state index in [1.165, 1.54) is 0 Å². The highest BCUT2D eigenvalue weighted by Crippen LogP contribution is 2.33. The third-order valence-electron chi connectivity index (χ3n) is 2.91. The molecule has 0 atom stereocenters. The summed E-state index contributed by atoms with van der Waals surface area (Å²) in [6, 6.07) is 9.51. The second-order valence-electron chi connectivity index (χ2n) is 4.16. The van der Waals surface area contributed by atoms with E-state index < -0.39 is 0 Å². The molecule has 4 heteroatoms. The Morgan fingerprint density at radius 1 is 1.33 bits per heavy atom. The number of fused-ring (bicyclic) bond motifs is 1. The molecule has 0 unspecified atom stereocenters. The lowest BCUT2D eigenvalue weighted by molar-refractivity contribution is -0.110. The van der Waals surface area contributed by atoms with E-state index in [2.05, 4.69) is 21.2 Å². The molecule has 1 aliphatic heterocycles. The summed E-state index contributed by atoms with van der Waals surface area (Å²) in [4.78, 5) is 11.9. The van der Waals surface area contributed by atoms with Crippen LogP contribution < -0.4 is 5.32 Å². The van der Waals surface area contributed by atoms with Gasteiger partial charge in [0.25, 0.3) is 5.91 Å². The van der Waals surface area contributed by atoms with Crippen LogP contribution >= 0.6 is 15.9 Å². The second-order valence-corrected chi connectivity index (χ2v) is 4.94. The van der Waals surface area contributed by atoms with Crippen LogP contribution in [0.1, 0.15) is 16.9 Å². The van der Waals surface area contributed by atoms with Crippen molar-refractivity contribution in [2.24, 2.45) is 0 Å². The second kappa shape index (κ2) is 4.14. The van der Waals surface area contributed by atoms with E-state index in [0.29, 0.717) is 16.0 Å². The summed E-state index contributed by atoms with van der Waals surface area (Å²) in [5.74, 6) is 0.604. The number of benzene rings is 1. The highest BCUT2D eigenvalue weighted by Gasteiger charge is 2.24. The van der Waals surface area contributed by atoms with Gasteiger partial charge < -0.3 is 9.73 Å². The first-order chi connectivity index (χ1) is 8.65. The summed E-state index contributed by atoms with van der Waals surface area (Å²) in [5, 5.41) is 2.83. The molecule has 2 aromatic rings. The summed E-state index contributed by atoms with van der Waals surface area (Å²) in [7, 11) is 0. The molecular formula is C14H10BrNO2. The fourth-order valence-corrected chi connectivity index (χ4v) is 2.53. The highest BCUT2D eigenvalue weighted by atomic mass is 79.9. The number of hydrogen-bond donors (Lipinski definition) is 1. The van der Waals surface area contributed by atoms with Crippen LogP contribution in [0.2, 0.25) is 0 Å². The molecular weight excluding hydrogens is 294 g/mol. The molecule has 0 saturated carbocycles. The van der Waals surface area contributed by atoms with Gasteiger partial charge in [0, 0.05) is 11.3 Å². The van der Waals surface area contributed by atoms with Gasteiger partial charge in [0.2, 0.25) is 0 Å². The monoisotopic (exact) mass is 303 g/mol. The summed E-state index contributed by atoms with van der Waals surface area (Å²) in [6.07, 6.45) is 1.78. The number of aryl methyl sites for hydroxylation is 1. The molecule has 0 spiro atoms. The number of nitrogens with one attached hydrogen (secondary N) is 1. The van der Waals surface area contributed by atoms with Crippen LogP contribution in [0.3, 0.4) is 0 Å². The zero-order valence-corrected chi connectivity index (χ0v) is 11.2. The normalized spacial score (nSPS) is 15.9. The number of anilines is 1. The lowest BCUT2D eigenvalue weighted by Crippen LogP contribution is -2.03. The molecule has 1 aromatic carbocycles. The van der Waals surface area contributed by atoms with Crippen LogP contribution in [0, 0.1) is 6.92 Å². The van der Waals surface area contributed by atoms with E-state index in [4.69, 9.17) is 4.42 Å². The van der Waals surface area contributed by atoms with Crippen molar-refractivity contribution >= 4 is 39.2 Å². The summed E-state index contributed by atoms with van der Waals surface area (Å²) in [5.41, 5.74) is 3.38. The SMILES string of the molecule is Cc1cc(Br)oc1/C=C1/C(=O)Nc2ccccc21. The molecule has 1 N–H and O–H groups in total. The Bertz CT molecular complexity index is 670. The number of rotatable bonds is 1. The van der Waals surface area contributed by atoms with Crippen LogP contribution in [-0.2, 0) is 4.79 Å². The van der Waals surface area contributed by atoms with Crippen LogP contribution in [0.5, 0.6) is 0 Å². The molecule has 0 saturated heterocycles. The molecule has 0 radical (unpaired) electrons. The van der Waals surface area contributed by atoms with Crippen LogP contribution in [-0.4, -0.2) is 5.91 Å². The maximum atomic E-state index is 11.9. The van der Waals surface area contributed by atoms with Crippen molar-refractivity contribution in [3.63, 3.8) is 0 Å². The van der Waals surface area contributed by atoms with Gasteiger partial charge in [-0.05, 0) is 46.6 Å². The molecule has 3 nitrogen and oxygen atoms in total. The lowest BCUT2D eigenvalue weighted by atomic mass is 10.1. The lowest BCUT2D eigenvalue weighted by Gasteiger charge is -1.96. The minimum Gasteiger partial charge on any atom is -0.450 e. The van der Waals surface area contributed by atoms with Gasteiger partial charge >= 0.3 is 0 Å². The Labute approximate surface area is 113 Å². The number of para-hydroxylation sites is 1. The van der Waals surface area contributed by atoms with Gasteiger partial charge in [-0.2, -0.15) is 0 Å². The van der Waals surface area contributed by atoms with Crippen molar-refractivity contribution in [1.82, 2.24) is 0 Å². The van der Waals surface area contributed by atoms with Crippen molar-refractivity contribution < 1.29 is 9.21 Å². The number of furan rings is 1. The maximum Gasteiger partial charge on any atom is 0.256 e. The Morgan fingerprint density at radius 2 is 2.11 bits per heavy atom. The molecule has 1 aromatic heterocycles. The molecule has 90 valence electrons. The van der Waals surface area contributed by atoms with Gasteiger partial charge in [-0.3, -0.25) is 4.79 Å². The topological polar surface area (TPSA) is 42.2 Å². The number of carbonyl (C=O) groups is 1. The van der Waals surface area contributed by atoms with Crippen LogP contribution in [0.15, 0.2) is 39.4 Å². The maximum absolute atomic E-state index is 11.9. The van der Waals surface area contributed by atoms with E-state index >= 15 is 0 Å². The molecule has 18 heavy (non-hydrogen) atoms. The zero-order valence-electron chi connectivity index (χ0n) is 9.66. The average molecular weight is 304 g/mol. The van der Waals surface area contributed by atoms with Gasteiger partial charge in [-0.1, -0.05) is 18.2 Å². The summed E-state index contributed by atoms with van der Waals surface area (Å²) >= 11 is 3.28. The molecule has 3 rings (SSSR count). The van der Waals surface area contributed by atoms with Crippen LogP contribution in [0.25, 0.3) is 11.6 Å². The van der Waals surface area contributed by atoms with E-state index in [-0.39, 0.29) is 5.91 Å². The molecule has 0 fully saturated rings. The fraction of sp³-hybridized carbons (Fsp3) is 0.0714. The largest absolute Gasteiger partial charge is 0.450 e. The number of carbonyl (C=O) groups excluding carboxylic acids is 1. The highest BCUT2D eigenvalue weighted by molar-refractivity contribution is 9.10. The first kappa shape index (κ1) is 11.3. The van der Waals surface area contributed by atoms with Crippen molar-refractivity contribution in [2.45, 2.75) is 6.92 Å². The first-order valence-electron chi connectivity index (χ1n) is 5.53. The fourth-order valence-electron chi connectivity index (χ4n) is 2.01. The Hall–Kier alpha value is -1.81. The van der Waals surface area contributed by atoms with Crippen molar-refractivity contribution in [1.29, 1.82) is 0 Å². The standard InChI is InChI=1S/C14H10BrNO2/c1-8-6-13(15)18-12(8)7-10-9-4-2-3-5-11(9)16-14(10)17/h2-7H,1H3,(H,16,17)/b10-7+.